The van der Waals surface area contributed by atoms with Crippen LogP contribution in [0.5, 0.6) is 0 Å². The third kappa shape index (κ3) is 3.16. The molecule has 1 fully saturated rings. The summed E-state index contributed by atoms with van der Waals surface area (Å²) in [5.41, 5.74) is 2.02. The van der Waals surface area contributed by atoms with Crippen LogP contribution in [0, 0.1) is 0 Å². The molecule has 2 rings (SSSR count). The smallest absolute Gasteiger partial charge is 0.243 e. The first kappa shape index (κ1) is 13.2. The number of nitrogens with one attached hydrogen (secondary N) is 1. The van der Waals surface area contributed by atoms with Crippen LogP contribution in [0.3, 0.4) is 0 Å². The Morgan fingerprint density at radius 3 is 2.33 bits per heavy atom. The summed E-state index contributed by atoms with van der Waals surface area (Å²) in [5.74, 6) is 0.630. The molecule has 0 bridgehead atoms. The third-order valence-corrected chi connectivity index (χ3v) is 3.54. The molecule has 1 heterocycles. The average molecular weight is 250 g/mol. The van der Waals surface area contributed by atoms with Gasteiger partial charge in [-0.1, -0.05) is 13.8 Å². The Balaban J connectivity index is 2.01. The second kappa shape index (κ2) is 6.09. The molecule has 5 nitrogen and oxygen atoms in total. The summed E-state index contributed by atoms with van der Waals surface area (Å²) in [5, 5.41) is 21.2. The number of hydrogen-bond donors (Lipinski definition) is 2. The number of nitrogens with zero attached hydrogens (tertiary/aromatic N) is 3. The fraction of sp³-hybridized carbons (Fsp3) is 0.769. The number of rotatable bonds is 4. The predicted octanol–water partition coefficient (Wildman–Crippen LogP) is 1.71. The zero-order chi connectivity index (χ0) is 13.0. The highest BCUT2D eigenvalue weighted by Crippen LogP contribution is 2.20. The number of aliphatic hydroxyl groups excluding tert-OH is 1. The van der Waals surface area contributed by atoms with E-state index in [0.717, 1.165) is 49.9 Å². The van der Waals surface area contributed by atoms with Crippen LogP contribution in [0.25, 0.3) is 0 Å². The highest BCUT2D eigenvalue weighted by atomic mass is 16.3. The van der Waals surface area contributed by atoms with Crippen LogP contribution in [-0.2, 0) is 12.8 Å². The predicted molar refractivity (Wildman–Crippen MR) is 70.5 cm³/mol. The van der Waals surface area contributed by atoms with Gasteiger partial charge in [0.15, 0.2) is 0 Å². The van der Waals surface area contributed by atoms with E-state index >= 15 is 0 Å². The van der Waals surface area contributed by atoms with E-state index in [2.05, 4.69) is 34.3 Å². The number of anilines is 1. The van der Waals surface area contributed by atoms with Gasteiger partial charge in [-0.25, -0.2) is 4.98 Å². The minimum Gasteiger partial charge on any atom is -0.393 e. The fourth-order valence-electron chi connectivity index (χ4n) is 2.40. The first-order valence-corrected chi connectivity index (χ1v) is 6.90. The molecule has 0 atom stereocenters. The van der Waals surface area contributed by atoms with Gasteiger partial charge < -0.3 is 10.4 Å². The van der Waals surface area contributed by atoms with E-state index in [1.54, 1.807) is 0 Å². The van der Waals surface area contributed by atoms with Crippen molar-refractivity contribution in [3.8, 4) is 0 Å². The van der Waals surface area contributed by atoms with Crippen LogP contribution in [0.2, 0.25) is 0 Å². The summed E-state index contributed by atoms with van der Waals surface area (Å²) in [4.78, 5) is 4.53. The molecule has 0 aromatic carbocycles. The molecule has 0 radical (unpaired) electrons. The molecular formula is C13H22N4O. The lowest BCUT2D eigenvalue weighted by Gasteiger charge is -2.26. The molecule has 0 saturated heterocycles. The maximum atomic E-state index is 9.47. The van der Waals surface area contributed by atoms with Crippen molar-refractivity contribution in [2.45, 2.75) is 64.5 Å². The monoisotopic (exact) mass is 250 g/mol. The molecule has 1 aliphatic rings. The molecule has 1 saturated carbocycles. The Labute approximate surface area is 108 Å². The van der Waals surface area contributed by atoms with Gasteiger partial charge in [-0.05, 0) is 38.5 Å². The normalized spacial score (nSPS) is 23.9. The maximum absolute atomic E-state index is 9.47. The first-order chi connectivity index (χ1) is 8.72. The van der Waals surface area contributed by atoms with E-state index in [0.29, 0.717) is 12.0 Å². The molecule has 0 unspecified atom stereocenters. The minimum atomic E-state index is -0.129. The molecule has 0 aliphatic heterocycles. The van der Waals surface area contributed by atoms with Gasteiger partial charge in [-0.2, -0.15) is 5.10 Å². The van der Waals surface area contributed by atoms with Gasteiger partial charge in [0.1, 0.15) is 0 Å². The highest BCUT2D eigenvalue weighted by Gasteiger charge is 2.20. The maximum Gasteiger partial charge on any atom is 0.243 e. The van der Waals surface area contributed by atoms with Gasteiger partial charge in [0.05, 0.1) is 17.5 Å². The Hall–Kier alpha value is -1.23. The molecule has 5 heteroatoms. The quantitative estimate of drug-likeness (QED) is 0.851. The Kier molecular flexibility index (Phi) is 4.47. The zero-order valence-electron chi connectivity index (χ0n) is 11.2. The van der Waals surface area contributed by atoms with E-state index < -0.39 is 0 Å². The van der Waals surface area contributed by atoms with Crippen molar-refractivity contribution in [2.75, 3.05) is 5.32 Å². The van der Waals surface area contributed by atoms with Crippen molar-refractivity contribution in [1.29, 1.82) is 0 Å². The summed E-state index contributed by atoms with van der Waals surface area (Å²) in [6.07, 6.45) is 5.30. The van der Waals surface area contributed by atoms with Crippen LogP contribution >= 0.6 is 0 Å². The fourth-order valence-corrected chi connectivity index (χ4v) is 2.40. The van der Waals surface area contributed by atoms with Crippen molar-refractivity contribution in [3.63, 3.8) is 0 Å². The number of aromatic nitrogens is 3. The van der Waals surface area contributed by atoms with Gasteiger partial charge in [0, 0.05) is 6.04 Å². The van der Waals surface area contributed by atoms with Crippen molar-refractivity contribution in [1.82, 2.24) is 15.2 Å². The van der Waals surface area contributed by atoms with Crippen LogP contribution in [0.1, 0.15) is 50.9 Å². The Morgan fingerprint density at radius 1 is 1.06 bits per heavy atom. The van der Waals surface area contributed by atoms with Crippen LogP contribution < -0.4 is 5.32 Å². The van der Waals surface area contributed by atoms with Crippen LogP contribution in [-0.4, -0.2) is 32.4 Å². The lowest BCUT2D eigenvalue weighted by atomic mass is 9.93. The van der Waals surface area contributed by atoms with E-state index in [1.807, 2.05) is 0 Å². The number of aryl methyl sites for hydroxylation is 2. The van der Waals surface area contributed by atoms with Crippen LogP contribution in [0.4, 0.5) is 5.95 Å². The van der Waals surface area contributed by atoms with Gasteiger partial charge in [-0.3, -0.25) is 0 Å². The summed E-state index contributed by atoms with van der Waals surface area (Å²) in [6, 6.07) is 0.368. The van der Waals surface area contributed by atoms with E-state index in [9.17, 15) is 5.11 Å². The number of aliphatic hydroxyl groups is 1. The lowest BCUT2D eigenvalue weighted by molar-refractivity contribution is 0.126. The summed E-state index contributed by atoms with van der Waals surface area (Å²) in [6.45, 7) is 4.16. The zero-order valence-corrected chi connectivity index (χ0v) is 11.2. The molecule has 2 N–H and O–H groups in total. The van der Waals surface area contributed by atoms with Gasteiger partial charge in [0.2, 0.25) is 5.95 Å². The second-order valence-corrected chi connectivity index (χ2v) is 4.89. The summed E-state index contributed by atoms with van der Waals surface area (Å²) in [7, 11) is 0. The van der Waals surface area contributed by atoms with Crippen molar-refractivity contribution in [2.24, 2.45) is 0 Å². The second-order valence-electron chi connectivity index (χ2n) is 4.89. The highest BCUT2D eigenvalue weighted by molar-refractivity contribution is 5.27. The standard InChI is InChI=1S/C13H22N4O/c1-3-11-12(4-2)16-17-13(15-11)14-9-5-7-10(18)8-6-9/h9-10,18H,3-8H2,1-2H3,(H,14,15,17). The molecule has 0 spiro atoms. The SMILES string of the molecule is CCc1nnc(NC2CCC(O)CC2)nc1CC. The Morgan fingerprint density at radius 2 is 1.72 bits per heavy atom. The molecule has 0 amide bonds. The average Bonchev–Trinajstić information content (AvgIpc) is 2.41. The van der Waals surface area contributed by atoms with E-state index in [4.69, 9.17) is 0 Å². The Bertz CT molecular complexity index is 389. The molecule has 18 heavy (non-hydrogen) atoms. The molecule has 1 aromatic heterocycles. The lowest BCUT2D eigenvalue weighted by Crippen LogP contribution is -2.29. The topological polar surface area (TPSA) is 70.9 Å². The minimum absolute atomic E-state index is 0.129. The van der Waals surface area contributed by atoms with Crippen LogP contribution in [0.15, 0.2) is 0 Å². The summed E-state index contributed by atoms with van der Waals surface area (Å²) >= 11 is 0. The van der Waals surface area contributed by atoms with E-state index in [1.165, 1.54) is 0 Å². The molecular weight excluding hydrogens is 228 g/mol. The molecule has 1 aromatic rings. The molecule has 100 valence electrons. The van der Waals surface area contributed by atoms with Gasteiger partial charge >= 0.3 is 0 Å². The summed E-state index contributed by atoms with van der Waals surface area (Å²) < 4.78 is 0. The first-order valence-electron chi connectivity index (χ1n) is 6.90. The van der Waals surface area contributed by atoms with Gasteiger partial charge in [0.25, 0.3) is 0 Å². The van der Waals surface area contributed by atoms with E-state index in [-0.39, 0.29) is 6.10 Å². The van der Waals surface area contributed by atoms with Crippen molar-refractivity contribution in [3.05, 3.63) is 11.4 Å². The van der Waals surface area contributed by atoms with Crippen molar-refractivity contribution >= 4 is 5.95 Å². The molecule has 1 aliphatic carbocycles. The number of hydrogen-bond acceptors (Lipinski definition) is 5. The van der Waals surface area contributed by atoms with Crippen molar-refractivity contribution < 1.29 is 5.11 Å². The largest absolute Gasteiger partial charge is 0.393 e. The third-order valence-electron chi connectivity index (χ3n) is 3.54. The van der Waals surface area contributed by atoms with Gasteiger partial charge in [-0.15, -0.1) is 5.10 Å².